The van der Waals surface area contributed by atoms with Crippen molar-refractivity contribution in [2.75, 3.05) is 13.7 Å². The molecule has 1 aromatic carbocycles. The zero-order valence-electron chi connectivity index (χ0n) is 9.30. The SMILES string of the molecule is C/C=C/CNS(=O)(=O)c1ccc(OC)cc1. The van der Waals surface area contributed by atoms with Gasteiger partial charge < -0.3 is 4.74 Å². The van der Waals surface area contributed by atoms with Gasteiger partial charge in [0.25, 0.3) is 0 Å². The van der Waals surface area contributed by atoms with Crippen LogP contribution in [0.1, 0.15) is 6.92 Å². The highest BCUT2D eigenvalue weighted by atomic mass is 32.2. The molecule has 16 heavy (non-hydrogen) atoms. The molecule has 1 N–H and O–H groups in total. The predicted molar refractivity (Wildman–Crippen MR) is 63.0 cm³/mol. The van der Waals surface area contributed by atoms with Gasteiger partial charge in [-0.25, -0.2) is 13.1 Å². The lowest BCUT2D eigenvalue weighted by molar-refractivity contribution is 0.414. The van der Waals surface area contributed by atoms with Crippen LogP contribution in [0.2, 0.25) is 0 Å². The molecule has 1 rings (SSSR count). The molecular formula is C11H15NO3S. The minimum Gasteiger partial charge on any atom is -0.497 e. The standard InChI is InChI=1S/C11H15NO3S/c1-3-4-9-12-16(13,14)11-7-5-10(15-2)6-8-11/h3-8,12H,9H2,1-2H3/b4-3+. The molecule has 0 unspecified atom stereocenters. The fraction of sp³-hybridized carbons (Fsp3) is 0.273. The lowest BCUT2D eigenvalue weighted by Crippen LogP contribution is -2.23. The summed E-state index contributed by atoms with van der Waals surface area (Å²) in [6, 6.07) is 6.25. The third kappa shape index (κ3) is 3.36. The van der Waals surface area contributed by atoms with Gasteiger partial charge in [0.2, 0.25) is 10.0 Å². The number of methoxy groups -OCH3 is 1. The summed E-state index contributed by atoms with van der Waals surface area (Å²) < 4.78 is 30.9. The monoisotopic (exact) mass is 241 g/mol. The van der Waals surface area contributed by atoms with Crippen molar-refractivity contribution < 1.29 is 13.2 Å². The molecule has 5 heteroatoms. The average Bonchev–Trinajstić information content (AvgIpc) is 2.29. The lowest BCUT2D eigenvalue weighted by atomic mass is 10.3. The molecule has 0 aromatic heterocycles. The van der Waals surface area contributed by atoms with Crippen LogP contribution in [0.4, 0.5) is 0 Å². The fourth-order valence-electron chi connectivity index (χ4n) is 1.11. The molecule has 0 aliphatic heterocycles. The van der Waals surface area contributed by atoms with E-state index in [2.05, 4.69) is 4.72 Å². The van der Waals surface area contributed by atoms with Crippen LogP contribution in [0, 0.1) is 0 Å². The molecule has 0 radical (unpaired) electrons. The fourth-order valence-corrected chi connectivity index (χ4v) is 2.09. The van der Waals surface area contributed by atoms with Crippen LogP contribution in [0.3, 0.4) is 0 Å². The van der Waals surface area contributed by atoms with Crippen LogP contribution in [-0.2, 0) is 10.0 Å². The maximum Gasteiger partial charge on any atom is 0.240 e. The first kappa shape index (κ1) is 12.7. The maximum atomic E-state index is 11.7. The summed E-state index contributed by atoms with van der Waals surface area (Å²) in [5, 5.41) is 0. The van der Waals surface area contributed by atoms with Gasteiger partial charge in [-0.15, -0.1) is 0 Å². The number of nitrogens with one attached hydrogen (secondary N) is 1. The largest absolute Gasteiger partial charge is 0.497 e. The third-order valence-electron chi connectivity index (χ3n) is 2.00. The Morgan fingerprint density at radius 1 is 1.31 bits per heavy atom. The molecule has 0 spiro atoms. The van der Waals surface area contributed by atoms with Crippen molar-refractivity contribution in [3.63, 3.8) is 0 Å². The van der Waals surface area contributed by atoms with E-state index in [9.17, 15) is 8.42 Å². The van der Waals surface area contributed by atoms with Gasteiger partial charge in [0.15, 0.2) is 0 Å². The van der Waals surface area contributed by atoms with E-state index < -0.39 is 10.0 Å². The van der Waals surface area contributed by atoms with Crippen molar-refractivity contribution in [3.8, 4) is 5.75 Å². The molecular weight excluding hydrogens is 226 g/mol. The van der Waals surface area contributed by atoms with Crippen molar-refractivity contribution in [2.24, 2.45) is 0 Å². The zero-order valence-corrected chi connectivity index (χ0v) is 10.1. The van der Waals surface area contributed by atoms with E-state index in [1.165, 1.54) is 19.2 Å². The molecule has 4 nitrogen and oxygen atoms in total. The van der Waals surface area contributed by atoms with E-state index in [1.54, 1.807) is 24.3 Å². The third-order valence-corrected chi connectivity index (χ3v) is 3.44. The van der Waals surface area contributed by atoms with Crippen LogP contribution < -0.4 is 9.46 Å². The number of hydrogen-bond acceptors (Lipinski definition) is 3. The Morgan fingerprint density at radius 2 is 1.94 bits per heavy atom. The minimum atomic E-state index is -3.41. The van der Waals surface area contributed by atoms with Crippen molar-refractivity contribution in [1.29, 1.82) is 0 Å². The average molecular weight is 241 g/mol. The van der Waals surface area contributed by atoms with E-state index in [0.29, 0.717) is 12.3 Å². The normalized spacial score (nSPS) is 11.9. The summed E-state index contributed by atoms with van der Waals surface area (Å²) in [5.74, 6) is 0.632. The van der Waals surface area contributed by atoms with Gasteiger partial charge in [-0.1, -0.05) is 12.2 Å². The van der Waals surface area contributed by atoms with Gasteiger partial charge in [-0.2, -0.15) is 0 Å². The molecule has 1 aromatic rings. The summed E-state index contributed by atoms with van der Waals surface area (Å²) in [7, 11) is -1.88. The molecule has 0 amide bonds. The number of allylic oxidation sites excluding steroid dienone is 1. The van der Waals surface area contributed by atoms with Crippen molar-refractivity contribution in [3.05, 3.63) is 36.4 Å². The molecule has 0 aliphatic rings. The highest BCUT2D eigenvalue weighted by Gasteiger charge is 2.11. The smallest absolute Gasteiger partial charge is 0.240 e. The molecule has 0 fully saturated rings. The van der Waals surface area contributed by atoms with Crippen molar-refractivity contribution in [1.82, 2.24) is 4.72 Å². The van der Waals surface area contributed by atoms with E-state index in [-0.39, 0.29) is 4.90 Å². The van der Waals surface area contributed by atoms with Gasteiger partial charge in [-0.3, -0.25) is 0 Å². The Balaban J connectivity index is 2.81. The first-order valence-corrected chi connectivity index (χ1v) is 6.33. The Labute approximate surface area is 96.0 Å². The van der Waals surface area contributed by atoms with Gasteiger partial charge in [-0.05, 0) is 31.2 Å². The number of rotatable bonds is 5. The highest BCUT2D eigenvalue weighted by Crippen LogP contribution is 2.14. The maximum absolute atomic E-state index is 11.7. The molecule has 0 atom stereocenters. The van der Waals surface area contributed by atoms with E-state index in [0.717, 1.165) is 0 Å². The predicted octanol–water partition coefficient (Wildman–Crippen LogP) is 1.55. The summed E-state index contributed by atoms with van der Waals surface area (Å²) in [4.78, 5) is 0.234. The van der Waals surface area contributed by atoms with E-state index in [4.69, 9.17) is 4.74 Å². The summed E-state index contributed by atoms with van der Waals surface area (Å²) >= 11 is 0. The molecule has 0 saturated heterocycles. The summed E-state index contributed by atoms with van der Waals surface area (Å²) in [6.45, 7) is 2.13. The van der Waals surface area contributed by atoms with Crippen molar-refractivity contribution in [2.45, 2.75) is 11.8 Å². The zero-order chi connectivity index (χ0) is 12.0. The Kier molecular flexibility index (Phi) is 4.52. The topological polar surface area (TPSA) is 55.4 Å². The second kappa shape index (κ2) is 5.67. The lowest BCUT2D eigenvalue weighted by Gasteiger charge is -2.05. The highest BCUT2D eigenvalue weighted by molar-refractivity contribution is 7.89. The molecule has 0 aliphatic carbocycles. The summed E-state index contributed by atoms with van der Waals surface area (Å²) in [6.07, 6.45) is 3.53. The second-order valence-corrected chi connectivity index (χ2v) is 4.86. The second-order valence-electron chi connectivity index (χ2n) is 3.10. The first-order chi connectivity index (χ1) is 7.60. The molecule has 0 heterocycles. The quantitative estimate of drug-likeness (QED) is 0.796. The van der Waals surface area contributed by atoms with Crippen LogP contribution in [0.25, 0.3) is 0 Å². The first-order valence-electron chi connectivity index (χ1n) is 4.85. The Bertz CT molecular complexity index is 449. The van der Waals surface area contributed by atoms with Crippen LogP contribution >= 0.6 is 0 Å². The van der Waals surface area contributed by atoms with Gasteiger partial charge >= 0.3 is 0 Å². The Morgan fingerprint density at radius 3 is 2.44 bits per heavy atom. The molecule has 0 saturated carbocycles. The van der Waals surface area contributed by atoms with Gasteiger partial charge in [0.1, 0.15) is 5.75 Å². The molecule has 0 bridgehead atoms. The number of hydrogen-bond donors (Lipinski definition) is 1. The number of sulfonamides is 1. The van der Waals surface area contributed by atoms with Gasteiger partial charge in [0.05, 0.1) is 12.0 Å². The van der Waals surface area contributed by atoms with Crippen LogP contribution in [-0.4, -0.2) is 22.1 Å². The van der Waals surface area contributed by atoms with Crippen molar-refractivity contribution >= 4 is 10.0 Å². The molecule has 88 valence electrons. The van der Waals surface area contributed by atoms with Crippen LogP contribution in [0.5, 0.6) is 5.75 Å². The number of ether oxygens (including phenoxy) is 1. The van der Waals surface area contributed by atoms with E-state index in [1.807, 2.05) is 6.92 Å². The summed E-state index contributed by atoms with van der Waals surface area (Å²) in [5.41, 5.74) is 0. The minimum absolute atomic E-state index is 0.234. The Hall–Kier alpha value is -1.33. The van der Waals surface area contributed by atoms with E-state index >= 15 is 0 Å². The van der Waals surface area contributed by atoms with Gasteiger partial charge in [0, 0.05) is 6.54 Å². The number of benzene rings is 1. The van der Waals surface area contributed by atoms with Crippen LogP contribution in [0.15, 0.2) is 41.3 Å².